The van der Waals surface area contributed by atoms with Crippen LogP contribution in [-0.2, 0) is 0 Å². The summed E-state index contributed by atoms with van der Waals surface area (Å²) in [6.45, 7) is 2.23. The fourth-order valence-corrected chi connectivity index (χ4v) is 6.04. The lowest BCUT2D eigenvalue weighted by atomic mass is 9.47. The molecule has 3 heteroatoms. The van der Waals surface area contributed by atoms with Crippen LogP contribution in [0.25, 0.3) is 0 Å². The van der Waals surface area contributed by atoms with Crippen molar-refractivity contribution < 1.29 is 4.79 Å². The van der Waals surface area contributed by atoms with E-state index in [1.165, 1.54) is 38.5 Å². The van der Waals surface area contributed by atoms with Crippen LogP contribution in [-0.4, -0.2) is 16.9 Å². The summed E-state index contributed by atoms with van der Waals surface area (Å²) in [6, 6.07) is 3.95. The number of pyridine rings is 1. The maximum absolute atomic E-state index is 12.6. The lowest BCUT2D eigenvalue weighted by Crippen LogP contribution is -2.56. The molecule has 4 bridgehead atoms. The molecule has 4 saturated carbocycles. The average Bonchev–Trinajstić information content (AvgIpc) is 2.51. The SMILES string of the molecule is CC[C@H](NC(=O)c1ccncc1)C12CC3CC(CC(C3)C1)C2. The first-order chi connectivity index (χ1) is 10.7. The fourth-order valence-electron chi connectivity index (χ4n) is 6.04. The zero-order valence-corrected chi connectivity index (χ0v) is 13.4. The van der Waals surface area contributed by atoms with E-state index in [1.54, 1.807) is 12.4 Å². The van der Waals surface area contributed by atoms with Crippen molar-refractivity contribution in [1.82, 2.24) is 10.3 Å². The van der Waals surface area contributed by atoms with Crippen LogP contribution < -0.4 is 5.32 Å². The zero-order valence-electron chi connectivity index (χ0n) is 13.4. The molecule has 5 rings (SSSR count). The molecule has 1 N–H and O–H groups in total. The van der Waals surface area contributed by atoms with Crippen molar-refractivity contribution in [2.24, 2.45) is 23.2 Å². The van der Waals surface area contributed by atoms with Crippen LogP contribution in [0.4, 0.5) is 0 Å². The fraction of sp³-hybridized carbons (Fsp3) is 0.684. The van der Waals surface area contributed by atoms with Crippen LogP contribution >= 0.6 is 0 Å². The van der Waals surface area contributed by atoms with E-state index in [2.05, 4.69) is 17.2 Å². The van der Waals surface area contributed by atoms with Crippen LogP contribution in [0.15, 0.2) is 24.5 Å². The van der Waals surface area contributed by atoms with E-state index in [-0.39, 0.29) is 5.91 Å². The monoisotopic (exact) mass is 298 g/mol. The Bertz CT molecular complexity index is 519. The number of amides is 1. The van der Waals surface area contributed by atoms with Crippen LogP contribution in [0.5, 0.6) is 0 Å². The molecule has 1 heterocycles. The summed E-state index contributed by atoms with van der Waals surface area (Å²) in [5.74, 6) is 2.86. The van der Waals surface area contributed by atoms with Crippen molar-refractivity contribution in [2.75, 3.05) is 0 Å². The molecule has 0 spiro atoms. The highest BCUT2D eigenvalue weighted by Gasteiger charge is 2.53. The van der Waals surface area contributed by atoms with E-state index in [1.807, 2.05) is 12.1 Å². The van der Waals surface area contributed by atoms with Gasteiger partial charge in [0.15, 0.2) is 0 Å². The maximum atomic E-state index is 12.6. The number of carbonyl (C=O) groups is 1. The summed E-state index contributed by atoms with van der Waals surface area (Å²) < 4.78 is 0. The number of aromatic nitrogens is 1. The summed E-state index contributed by atoms with van der Waals surface area (Å²) in [5.41, 5.74) is 1.12. The second-order valence-electron chi connectivity index (χ2n) is 7.95. The minimum absolute atomic E-state index is 0.0741. The van der Waals surface area contributed by atoms with Gasteiger partial charge in [-0.3, -0.25) is 9.78 Å². The van der Waals surface area contributed by atoms with E-state index >= 15 is 0 Å². The van der Waals surface area contributed by atoms with Gasteiger partial charge in [0.2, 0.25) is 0 Å². The molecule has 4 aliphatic rings. The molecular formula is C19H26N2O. The first-order valence-electron chi connectivity index (χ1n) is 8.89. The van der Waals surface area contributed by atoms with Crippen LogP contribution in [0, 0.1) is 23.2 Å². The summed E-state index contributed by atoms with van der Waals surface area (Å²) >= 11 is 0. The number of hydrogen-bond acceptors (Lipinski definition) is 2. The minimum atomic E-state index is 0.0741. The summed E-state index contributed by atoms with van der Waals surface area (Å²) in [7, 11) is 0. The third kappa shape index (κ3) is 2.35. The Morgan fingerprint density at radius 3 is 2.23 bits per heavy atom. The number of rotatable bonds is 4. The zero-order chi connectivity index (χ0) is 15.2. The average molecular weight is 298 g/mol. The largest absolute Gasteiger partial charge is 0.349 e. The third-order valence-corrected chi connectivity index (χ3v) is 6.48. The molecule has 0 unspecified atom stereocenters. The topological polar surface area (TPSA) is 42.0 Å². The van der Waals surface area contributed by atoms with Gasteiger partial charge >= 0.3 is 0 Å². The Hall–Kier alpha value is -1.38. The van der Waals surface area contributed by atoms with Gasteiger partial charge in [0, 0.05) is 24.0 Å². The third-order valence-electron chi connectivity index (χ3n) is 6.48. The standard InChI is InChI=1S/C19H26N2O/c1-2-17(21-18(22)16-3-5-20-6-4-16)19-10-13-7-14(11-19)9-15(8-13)12-19/h3-6,13-15,17H,2,7-12H2,1H3,(H,21,22)/t13?,14?,15?,17-,19?/m0/s1. The number of hydrogen-bond donors (Lipinski definition) is 1. The minimum Gasteiger partial charge on any atom is -0.349 e. The van der Waals surface area contributed by atoms with Crippen molar-refractivity contribution in [1.29, 1.82) is 0 Å². The molecule has 1 amide bonds. The van der Waals surface area contributed by atoms with E-state index in [9.17, 15) is 4.79 Å². The Morgan fingerprint density at radius 2 is 1.73 bits per heavy atom. The molecule has 0 aliphatic heterocycles. The van der Waals surface area contributed by atoms with Gasteiger partial charge in [-0.25, -0.2) is 0 Å². The molecule has 4 fully saturated rings. The Balaban J connectivity index is 1.53. The normalized spacial score (nSPS) is 37.0. The molecular weight excluding hydrogens is 272 g/mol. The highest BCUT2D eigenvalue weighted by Crippen LogP contribution is 2.61. The lowest BCUT2D eigenvalue weighted by molar-refractivity contribution is -0.0727. The second-order valence-corrected chi connectivity index (χ2v) is 7.95. The lowest BCUT2D eigenvalue weighted by Gasteiger charge is -2.59. The van der Waals surface area contributed by atoms with Crippen molar-refractivity contribution >= 4 is 5.91 Å². The Morgan fingerprint density at radius 1 is 1.18 bits per heavy atom. The van der Waals surface area contributed by atoms with Gasteiger partial charge in [-0.1, -0.05) is 6.92 Å². The quantitative estimate of drug-likeness (QED) is 0.918. The van der Waals surface area contributed by atoms with Gasteiger partial charge in [0.25, 0.3) is 5.91 Å². The van der Waals surface area contributed by atoms with Gasteiger partial charge in [-0.2, -0.15) is 0 Å². The van der Waals surface area contributed by atoms with Crippen LogP contribution in [0.3, 0.4) is 0 Å². The molecule has 1 aromatic rings. The summed E-state index contributed by atoms with van der Waals surface area (Å²) in [5, 5.41) is 3.37. The van der Waals surface area contributed by atoms with Gasteiger partial charge in [0.05, 0.1) is 0 Å². The van der Waals surface area contributed by atoms with Gasteiger partial charge < -0.3 is 5.32 Å². The van der Waals surface area contributed by atoms with Gasteiger partial charge in [-0.15, -0.1) is 0 Å². The van der Waals surface area contributed by atoms with Crippen molar-refractivity contribution in [3.8, 4) is 0 Å². The molecule has 1 atom stereocenters. The van der Waals surface area contributed by atoms with Crippen molar-refractivity contribution in [3.05, 3.63) is 30.1 Å². The molecule has 22 heavy (non-hydrogen) atoms. The first kappa shape index (κ1) is 14.2. The molecule has 4 aliphatic carbocycles. The molecule has 0 aromatic carbocycles. The second kappa shape index (κ2) is 5.36. The van der Waals surface area contributed by atoms with Gasteiger partial charge in [-0.05, 0) is 80.2 Å². The first-order valence-corrected chi connectivity index (χ1v) is 8.89. The van der Waals surface area contributed by atoms with E-state index < -0.39 is 0 Å². The molecule has 0 radical (unpaired) electrons. The smallest absolute Gasteiger partial charge is 0.251 e. The molecule has 118 valence electrons. The predicted octanol–water partition coefficient (Wildman–Crippen LogP) is 3.81. The van der Waals surface area contributed by atoms with Crippen molar-refractivity contribution in [3.63, 3.8) is 0 Å². The highest BCUT2D eigenvalue weighted by molar-refractivity contribution is 5.94. The predicted molar refractivity (Wildman–Crippen MR) is 86.4 cm³/mol. The van der Waals surface area contributed by atoms with E-state index in [0.717, 1.165) is 29.7 Å². The molecule has 0 saturated heterocycles. The number of nitrogens with one attached hydrogen (secondary N) is 1. The summed E-state index contributed by atoms with van der Waals surface area (Å²) in [6.07, 6.45) is 12.8. The van der Waals surface area contributed by atoms with Crippen molar-refractivity contribution in [2.45, 2.75) is 57.9 Å². The number of nitrogens with zero attached hydrogens (tertiary/aromatic N) is 1. The van der Waals surface area contributed by atoms with Crippen LogP contribution in [0.1, 0.15) is 62.2 Å². The van der Waals surface area contributed by atoms with E-state index in [4.69, 9.17) is 0 Å². The Kier molecular flexibility index (Phi) is 3.47. The molecule has 1 aromatic heterocycles. The highest BCUT2D eigenvalue weighted by atomic mass is 16.1. The van der Waals surface area contributed by atoms with Crippen LogP contribution in [0.2, 0.25) is 0 Å². The Labute approximate surface area is 132 Å². The van der Waals surface area contributed by atoms with Gasteiger partial charge in [0.1, 0.15) is 0 Å². The number of carbonyl (C=O) groups excluding carboxylic acids is 1. The maximum Gasteiger partial charge on any atom is 0.251 e. The molecule has 3 nitrogen and oxygen atoms in total. The summed E-state index contributed by atoms with van der Waals surface area (Å²) in [4.78, 5) is 16.6. The van der Waals surface area contributed by atoms with E-state index in [0.29, 0.717) is 11.5 Å².